The number of piperidine rings is 1. The summed E-state index contributed by atoms with van der Waals surface area (Å²) >= 11 is 0. The van der Waals surface area contributed by atoms with Crippen molar-refractivity contribution in [2.75, 3.05) is 13.1 Å². The highest BCUT2D eigenvalue weighted by atomic mass is 16.2. The van der Waals surface area contributed by atoms with Gasteiger partial charge in [0.25, 0.3) is 0 Å². The molecule has 0 radical (unpaired) electrons. The molecule has 0 bridgehead atoms. The highest BCUT2D eigenvalue weighted by Gasteiger charge is 2.26. The zero-order valence-corrected chi connectivity index (χ0v) is 11.2. The average Bonchev–Trinajstić information content (AvgIpc) is 2.28. The molecule has 17 heavy (non-hydrogen) atoms. The van der Waals surface area contributed by atoms with Crippen LogP contribution in [0.5, 0.6) is 0 Å². The number of amides is 2. The molecule has 1 saturated heterocycles. The molecule has 1 N–H and O–H groups in total. The van der Waals surface area contributed by atoms with Crippen LogP contribution in [0, 0.1) is 11.8 Å². The van der Waals surface area contributed by atoms with E-state index in [4.69, 9.17) is 0 Å². The van der Waals surface area contributed by atoms with Crippen LogP contribution >= 0.6 is 0 Å². The van der Waals surface area contributed by atoms with Gasteiger partial charge in [-0.05, 0) is 50.4 Å². The number of likely N-dealkylation sites (tertiary alicyclic amines) is 1. The number of carbonyl (C=O) groups excluding carboxylic acids is 1. The summed E-state index contributed by atoms with van der Waals surface area (Å²) in [5.74, 6) is 1.51. The van der Waals surface area contributed by atoms with Crippen LogP contribution in [0.4, 0.5) is 4.79 Å². The third kappa shape index (κ3) is 3.62. The van der Waals surface area contributed by atoms with E-state index in [1.54, 1.807) is 0 Å². The molecule has 1 aliphatic carbocycles. The highest BCUT2D eigenvalue weighted by Crippen LogP contribution is 2.28. The van der Waals surface area contributed by atoms with Crippen molar-refractivity contribution in [2.45, 2.75) is 58.4 Å². The number of hydrogen-bond acceptors (Lipinski definition) is 1. The maximum atomic E-state index is 12.1. The van der Waals surface area contributed by atoms with Crippen LogP contribution in [0.1, 0.15) is 52.4 Å². The molecule has 1 heterocycles. The van der Waals surface area contributed by atoms with Crippen molar-refractivity contribution in [1.82, 2.24) is 10.2 Å². The Morgan fingerprint density at radius 1 is 1.00 bits per heavy atom. The first-order valence-corrected chi connectivity index (χ1v) is 7.20. The van der Waals surface area contributed by atoms with Crippen molar-refractivity contribution in [3.63, 3.8) is 0 Å². The molecule has 3 nitrogen and oxygen atoms in total. The Hall–Kier alpha value is -0.730. The molecule has 0 spiro atoms. The van der Waals surface area contributed by atoms with Gasteiger partial charge in [0, 0.05) is 19.1 Å². The third-order valence-corrected chi connectivity index (χ3v) is 4.15. The van der Waals surface area contributed by atoms with E-state index in [0.717, 1.165) is 37.8 Å². The smallest absolute Gasteiger partial charge is 0.317 e. The van der Waals surface area contributed by atoms with Gasteiger partial charge in [0.1, 0.15) is 0 Å². The Morgan fingerprint density at radius 2 is 1.59 bits per heavy atom. The number of urea groups is 1. The van der Waals surface area contributed by atoms with Crippen LogP contribution in [0.3, 0.4) is 0 Å². The number of rotatable bonds is 1. The van der Waals surface area contributed by atoms with Gasteiger partial charge >= 0.3 is 6.03 Å². The van der Waals surface area contributed by atoms with Crippen LogP contribution in [0.15, 0.2) is 0 Å². The predicted molar refractivity (Wildman–Crippen MR) is 69.9 cm³/mol. The Morgan fingerprint density at radius 3 is 2.18 bits per heavy atom. The van der Waals surface area contributed by atoms with Crippen molar-refractivity contribution in [3.05, 3.63) is 0 Å². The fourth-order valence-corrected chi connectivity index (χ4v) is 3.43. The van der Waals surface area contributed by atoms with Crippen LogP contribution in [-0.2, 0) is 0 Å². The van der Waals surface area contributed by atoms with Crippen molar-refractivity contribution in [3.8, 4) is 0 Å². The topological polar surface area (TPSA) is 32.3 Å². The third-order valence-electron chi connectivity index (χ3n) is 4.15. The number of nitrogens with one attached hydrogen (secondary N) is 1. The lowest BCUT2D eigenvalue weighted by atomic mass is 9.80. The molecule has 98 valence electrons. The largest absolute Gasteiger partial charge is 0.335 e. The second-order valence-electron chi connectivity index (χ2n) is 6.11. The minimum absolute atomic E-state index is 0.177. The molecular weight excluding hydrogens is 212 g/mol. The number of carbonyl (C=O) groups is 1. The first-order valence-electron chi connectivity index (χ1n) is 7.20. The van der Waals surface area contributed by atoms with E-state index in [0.29, 0.717) is 6.04 Å². The normalized spacial score (nSPS) is 34.5. The molecule has 1 saturated carbocycles. The zero-order chi connectivity index (χ0) is 12.3. The summed E-state index contributed by atoms with van der Waals surface area (Å²) in [7, 11) is 0. The second kappa shape index (κ2) is 5.74. The van der Waals surface area contributed by atoms with Crippen molar-refractivity contribution in [2.24, 2.45) is 11.8 Å². The molecule has 2 rings (SSSR count). The van der Waals surface area contributed by atoms with Crippen LogP contribution in [-0.4, -0.2) is 30.1 Å². The van der Waals surface area contributed by atoms with Crippen LogP contribution < -0.4 is 5.32 Å². The van der Waals surface area contributed by atoms with Gasteiger partial charge in [-0.15, -0.1) is 0 Å². The van der Waals surface area contributed by atoms with E-state index in [2.05, 4.69) is 19.2 Å². The fraction of sp³-hybridized carbons (Fsp3) is 0.929. The summed E-state index contributed by atoms with van der Waals surface area (Å²) < 4.78 is 0. The summed E-state index contributed by atoms with van der Waals surface area (Å²) in [6.45, 7) is 6.50. The van der Waals surface area contributed by atoms with Gasteiger partial charge in [0.05, 0.1) is 0 Å². The van der Waals surface area contributed by atoms with Crippen molar-refractivity contribution in [1.29, 1.82) is 0 Å². The van der Waals surface area contributed by atoms with Crippen molar-refractivity contribution >= 4 is 6.03 Å². The van der Waals surface area contributed by atoms with Gasteiger partial charge in [0.15, 0.2) is 0 Å². The van der Waals surface area contributed by atoms with Crippen LogP contribution in [0.25, 0.3) is 0 Å². The average molecular weight is 238 g/mol. The van der Waals surface area contributed by atoms with Gasteiger partial charge in [-0.2, -0.15) is 0 Å². The van der Waals surface area contributed by atoms with Gasteiger partial charge in [0.2, 0.25) is 0 Å². The van der Waals surface area contributed by atoms with E-state index in [1.807, 2.05) is 4.90 Å². The molecule has 2 fully saturated rings. The van der Waals surface area contributed by atoms with Gasteiger partial charge in [-0.3, -0.25) is 0 Å². The van der Waals surface area contributed by atoms with Gasteiger partial charge in [-0.1, -0.05) is 13.8 Å². The lowest BCUT2D eigenvalue weighted by Crippen LogP contribution is -2.48. The summed E-state index contributed by atoms with van der Waals surface area (Å²) in [4.78, 5) is 14.1. The molecule has 1 aliphatic heterocycles. The molecule has 2 aliphatic rings. The summed E-state index contributed by atoms with van der Waals surface area (Å²) in [6, 6.07) is 0.583. The Kier molecular flexibility index (Phi) is 4.30. The molecule has 0 aromatic rings. The molecule has 2 atom stereocenters. The molecular formula is C14H26N2O. The summed E-state index contributed by atoms with van der Waals surface area (Å²) in [6.07, 6.45) is 7.25. The quantitative estimate of drug-likeness (QED) is 0.748. The SMILES string of the molecule is CC1CC(C)CC(NC(=O)N2CCCCC2)C1. The van der Waals surface area contributed by atoms with E-state index in [-0.39, 0.29) is 6.03 Å². The maximum Gasteiger partial charge on any atom is 0.317 e. The zero-order valence-electron chi connectivity index (χ0n) is 11.2. The van der Waals surface area contributed by atoms with E-state index in [9.17, 15) is 4.79 Å². The van der Waals surface area contributed by atoms with E-state index in [1.165, 1.54) is 25.7 Å². The Balaban J connectivity index is 1.80. The molecule has 2 amide bonds. The first kappa shape index (κ1) is 12.7. The van der Waals surface area contributed by atoms with Gasteiger partial charge < -0.3 is 10.2 Å². The van der Waals surface area contributed by atoms with Crippen LogP contribution in [0.2, 0.25) is 0 Å². The van der Waals surface area contributed by atoms with Crippen molar-refractivity contribution < 1.29 is 4.79 Å². The molecule has 0 aromatic carbocycles. The number of nitrogens with zero attached hydrogens (tertiary/aromatic N) is 1. The molecule has 0 aromatic heterocycles. The van der Waals surface area contributed by atoms with E-state index < -0.39 is 0 Å². The summed E-state index contributed by atoms with van der Waals surface area (Å²) in [5, 5.41) is 3.24. The maximum absolute atomic E-state index is 12.1. The fourth-order valence-electron chi connectivity index (χ4n) is 3.43. The number of hydrogen-bond donors (Lipinski definition) is 1. The Bertz CT molecular complexity index is 251. The van der Waals surface area contributed by atoms with E-state index >= 15 is 0 Å². The lowest BCUT2D eigenvalue weighted by molar-refractivity contribution is 0.170. The Labute approximate surface area is 105 Å². The highest BCUT2D eigenvalue weighted by molar-refractivity contribution is 5.74. The minimum Gasteiger partial charge on any atom is -0.335 e. The minimum atomic E-state index is 0.177. The molecule has 2 unspecified atom stereocenters. The molecule has 3 heteroatoms. The predicted octanol–water partition coefficient (Wildman–Crippen LogP) is 3.01. The van der Waals surface area contributed by atoms with Gasteiger partial charge in [-0.25, -0.2) is 4.79 Å². The summed E-state index contributed by atoms with van der Waals surface area (Å²) in [5.41, 5.74) is 0. The first-order chi connectivity index (χ1) is 8.15. The lowest BCUT2D eigenvalue weighted by Gasteiger charge is -2.34. The second-order valence-corrected chi connectivity index (χ2v) is 6.11. The standard InChI is InChI=1S/C14H26N2O/c1-11-8-12(2)10-13(9-11)15-14(17)16-6-4-3-5-7-16/h11-13H,3-10H2,1-2H3,(H,15,17). The monoisotopic (exact) mass is 238 g/mol.